The van der Waals surface area contributed by atoms with E-state index in [0.29, 0.717) is 28.4 Å². The number of methoxy groups -OCH3 is 4. The minimum atomic E-state index is -3.74. The molecule has 3 aromatic carbocycles. The molecule has 0 aliphatic heterocycles. The van der Waals surface area contributed by atoms with Gasteiger partial charge in [-0.05, 0) is 52.4 Å². The van der Waals surface area contributed by atoms with E-state index in [2.05, 4.69) is 20.8 Å². The third-order valence-electron chi connectivity index (χ3n) is 6.04. The summed E-state index contributed by atoms with van der Waals surface area (Å²) in [6, 6.07) is 13.6. The van der Waals surface area contributed by atoms with E-state index in [0.717, 1.165) is 11.1 Å². The number of ether oxygens (including phenoxy) is 4. The Morgan fingerprint density at radius 2 is 1.35 bits per heavy atom. The van der Waals surface area contributed by atoms with Gasteiger partial charge in [0.2, 0.25) is 5.75 Å². The first-order valence-corrected chi connectivity index (χ1v) is 13.3. The van der Waals surface area contributed by atoms with Gasteiger partial charge in [-0.15, -0.1) is 0 Å². The van der Waals surface area contributed by atoms with E-state index in [-0.39, 0.29) is 27.6 Å². The summed E-state index contributed by atoms with van der Waals surface area (Å²) in [5, 5.41) is 10.4. The van der Waals surface area contributed by atoms with Crippen molar-refractivity contribution in [2.24, 2.45) is 0 Å². The smallest absolute Gasteiger partial charge is 0.203 e. The summed E-state index contributed by atoms with van der Waals surface area (Å²) in [5.74, 6) is 1.08. The number of phenols is 1. The molecule has 0 spiro atoms. The van der Waals surface area contributed by atoms with Crippen molar-refractivity contribution in [1.82, 2.24) is 0 Å². The fraction of sp³-hybridized carbons (Fsp3) is 0.310. The van der Waals surface area contributed by atoms with Gasteiger partial charge in [0.15, 0.2) is 32.8 Å². The van der Waals surface area contributed by atoms with Crippen molar-refractivity contribution in [3.63, 3.8) is 0 Å². The van der Waals surface area contributed by atoms with E-state index in [1.807, 2.05) is 12.1 Å². The summed E-state index contributed by atoms with van der Waals surface area (Å²) in [6.07, 6.45) is 3.56. The van der Waals surface area contributed by atoms with Crippen LogP contribution in [0.15, 0.2) is 53.4 Å². The molecule has 0 saturated carbocycles. The molecule has 0 unspecified atom stereocenters. The molecular weight excluding hydrogens is 492 g/mol. The monoisotopic (exact) mass is 526 g/mol. The van der Waals surface area contributed by atoms with Crippen LogP contribution in [0, 0.1) is 0 Å². The molecule has 0 atom stereocenters. The highest BCUT2D eigenvalue weighted by Gasteiger charge is 2.23. The molecule has 0 radical (unpaired) electrons. The standard InChI is InChI=1S/C29H34O7S/c1-29(2,3)21-11-13-22(14-12-21)37(31,32)18-23-20(10-15-24(30)27(23)35-6)9-8-19-16-25(33-4)28(36-7)26(17-19)34-5/h8-17,30H,18H2,1-7H3/b9-8-. The van der Waals surface area contributed by atoms with E-state index < -0.39 is 9.84 Å². The first-order valence-electron chi connectivity index (χ1n) is 11.7. The SMILES string of the molecule is COc1cc(/C=C\c2ccc(O)c(OC)c2CS(=O)(=O)c2ccc(C(C)(C)C)cc2)cc(OC)c1OC. The average molecular weight is 527 g/mol. The van der Waals surface area contributed by atoms with E-state index in [1.54, 1.807) is 42.5 Å². The second-order valence-corrected chi connectivity index (χ2v) is 11.5. The highest BCUT2D eigenvalue weighted by Crippen LogP contribution is 2.40. The molecule has 1 N–H and O–H groups in total. The Bertz CT molecular complexity index is 1360. The maximum atomic E-state index is 13.4. The highest BCUT2D eigenvalue weighted by molar-refractivity contribution is 7.90. The molecule has 8 heteroatoms. The normalized spacial score (nSPS) is 12.0. The zero-order chi connectivity index (χ0) is 27.4. The van der Waals surface area contributed by atoms with Gasteiger partial charge in [0.25, 0.3) is 0 Å². The number of rotatable bonds is 9. The molecule has 0 fully saturated rings. The van der Waals surface area contributed by atoms with E-state index in [1.165, 1.54) is 34.5 Å². The number of hydrogen-bond donors (Lipinski definition) is 1. The molecular formula is C29H34O7S. The predicted octanol–water partition coefficient (Wildman–Crippen LogP) is 5.87. The van der Waals surface area contributed by atoms with Crippen LogP contribution < -0.4 is 18.9 Å². The van der Waals surface area contributed by atoms with Crippen LogP contribution in [0.5, 0.6) is 28.7 Å². The number of hydrogen-bond acceptors (Lipinski definition) is 7. The van der Waals surface area contributed by atoms with Gasteiger partial charge in [-0.2, -0.15) is 0 Å². The Kier molecular flexibility index (Phi) is 8.43. The van der Waals surface area contributed by atoms with Gasteiger partial charge in [0, 0.05) is 5.56 Å². The number of phenolic OH excluding ortho intramolecular Hbond substituents is 1. The van der Waals surface area contributed by atoms with E-state index in [9.17, 15) is 13.5 Å². The maximum Gasteiger partial charge on any atom is 0.203 e. The first-order chi connectivity index (χ1) is 17.4. The Hall–Kier alpha value is -3.65. The van der Waals surface area contributed by atoms with Crippen LogP contribution in [-0.4, -0.2) is 42.0 Å². The van der Waals surface area contributed by atoms with Crippen molar-refractivity contribution in [2.75, 3.05) is 28.4 Å². The van der Waals surface area contributed by atoms with Crippen LogP contribution in [0.25, 0.3) is 12.2 Å². The second kappa shape index (κ2) is 11.2. The molecule has 0 aromatic heterocycles. The lowest BCUT2D eigenvalue weighted by molar-refractivity contribution is 0.324. The first kappa shape index (κ1) is 27.9. The molecule has 0 amide bonds. The van der Waals surface area contributed by atoms with Crippen molar-refractivity contribution in [3.05, 3.63) is 70.8 Å². The fourth-order valence-corrected chi connectivity index (χ4v) is 5.38. The van der Waals surface area contributed by atoms with Crippen LogP contribution >= 0.6 is 0 Å². The number of benzene rings is 3. The molecule has 37 heavy (non-hydrogen) atoms. The molecule has 0 heterocycles. The number of aromatic hydroxyl groups is 1. The predicted molar refractivity (Wildman–Crippen MR) is 146 cm³/mol. The lowest BCUT2D eigenvalue weighted by Gasteiger charge is -2.19. The van der Waals surface area contributed by atoms with Crippen molar-refractivity contribution >= 4 is 22.0 Å². The van der Waals surface area contributed by atoms with Gasteiger partial charge in [-0.25, -0.2) is 8.42 Å². The van der Waals surface area contributed by atoms with Gasteiger partial charge >= 0.3 is 0 Å². The zero-order valence-corrected chi connectivity index (χ0v) is 23.1. The Morgan fingerprint density at radius 1 is 0.784 bits per heavy atom. The topological polar surface area (TPSA) is 91.3 Å². The molecule has 7 nitrogen and oxygen atoms in total. The van der Waals surface area contributed by atoms with Gasteiger partial charge in [0.1, 0.15) is 0 Å². The molecule has 0 aliphatic rings. The average Bonchev–Trinajstić information content (AvgIpc) is 2.87. The molecule has 0 saturated heterocycles. The number of sulfone groups is 1. The lowest BCUT2D eigenvalue weighted by atomic mass is 9.87. The fourth-order valence-electron chi connectivity index (χ4n) is 3.98. The van der Waals surface area contributed by atoms with Crippen molar-refractivity contribution in [1.29, 1.82) is 0 Å². The molecule has 0 aliphatic carbocycles. The van der Waals surface area contributed by atoms with Crippen molar-refractivity contribution < 1.29 is 32.5 Å². The Morgan fingerprint density at radius 3 is 1.84 bits per heavy atom. The third-order valence-corrected chi connectivity index (χ3v) is 7.70. The van der Waals surface area contributed by atoms with Crippen molar-refractivity contribution in [3.8, 4) is 28.7 Å². The van der Waals surface area contributed by atoms with Crippen LogP contribution in [-0.2, 0) is 21.0 Å². The summed E-state index contributed by atoms with van der Waals surface area (Å²) < 4.78 is 48.4. The van der Waals surface area contributed by atoms with Crippen LogP contribution in [0.3, 0.4) is 0 Å². The summed E-state index contributed by atoms with van der Waals surface area (Å²) in [5.41, 5.74) is 2.62. The van der Waals surface area contributed by atoms with Gasteiger partial charge in [-0.1, -0.05) is 51.1 Å². The largest absolute Gasteiger partial charge is 0.504 e. The minimum Gasteiger partial charge on any atom is -0.504 e. The Balaban J connectivity index is 2.04. The summed E-state index contributed by atoms with van der Waals surface area (Å²) >= 11 is 0. The Labute approximate surface area is 219 Å². The van der Waals surface area contributed by atoms with Crippen molar-refractivity contribution in [2.45, 2.75) is 36.8 Å². The molecule has 3 rings (SSSR count). The van der Waals surface area contributed by atoms with E-state index in [4.69, 9.17) is 18.9 Å². The third kappa shape index (κ3) is 6.20. The zero-order valence-electron chi connectivity index (χ0n) is 22.3. The van der Waals surface area contributed by atoms with Crippen LogP contribution in [0.1, 0.15) is 43.0 Å². The summed E-state index contributed by atoms with van der Waals surface area (Å²) in [4.78, 5) is 0.199. The molecule has 3 aromatic rings. The summed E-state index contributed by atoms with van der Waals surface area (Å²) in [7, 11) is 2.25. The quantitative estimate of drug-likeness (QED) is 0.349. The molecule has 0 bridgehead atoms. The van der Waals surface area contributed by atoms with Gasteiger partial charge < -0.3 is 24.1 Å². The van der Waals surface area contributed by atoms with Gasteiger partial charge in [-0.3, -0.25) is 0 Å². The van der Waals surface area contributed by atoms with E-state index >= 15 is 0 Å². The lowest BCUT2D eigenvalue weighted by Crippen LogP contribution is -2.12. The highest BCUT2D eigenvalue weighted by atomic mass is 32.2. The van der Waals surface area contributed by atoms with Gasteiger partial charge in [0.05, 0.1) is 39.1 Å². The van der Waals surface area contributed by atoms with Crippen LogP contribution in [0.2, 0.25) is 0 Å². The minimum absolute atomic E-state index is 0.0957. The molecule has 198 valence electrons. The second-order valence-electron chi connectivity index (χ2n) is 9.51. The maximum absolute atomic E-state index is 13.4. The summed E-state index contributed by atoms with van der Waals surface area (Å²) in [6.45, 7) is 6.21. The van der Waals surface area contributed by atoms with Crippen LogP contribution in [0.4, 0.5) is 0 Å².